The summed E-state index contributed by atoms with van der Waals surface area (Å²) in [4.78, 5) is 81.7. The first-order chi connectivity index (χ1) is 23.4. The van der Waals surface area contributed by atoms with Gasteiger partial charge in [0.1, 0.15) is 12.7 Å². The number of para-hydroxylation sites is 2. The topological polar surface area (TPSA) is 173 Å². The lowest BCUT2D eigenvalue weighted by atomic mass is 9.96. The first kappa shape index (κ1) is 31.8. The quantitative estimate of drug-likeness (QED) is 0.158. The van der Waals surface area contributed by atoms with E-state index in [1.54, 1.807) is 28.8 Å². The molecule has 2 amide bonds. The Morgan fingerprint density at radius 1 is 0.735 bits per heavy atom. The van der Waals surface area contributed by atoms with Crippen LogP contribution in [0.2, 0.25) is 0 Å². The van der Waals surface area contributed by atoms with Crippen LogP contribution in [0.1, 0.15) is 54.6 Å². The highest BCUT2D eigenvalue weighted by Crippen LogP contribution is 2.47. The summed E-state index contributed by atoms with van der Waals surface area (Å²) in [5.41, 5.74) is 2.58. The SMILES string of the molecule is CC(=O)OCC1O[C@@H](n2c3ccccc3c3c4c(c5c6ccccc6[nH]c5c32)C(=O)N(C)C4=O)C(OC(C)=O)C(OC(C)=O)[C@@H]1OC(C)=O. The fourth-order valence-electron chi connectivity index (χ4n) is 7.12. The zero-order valence-corrected chi connectivity index (χ0v) is 27.1. The van der Waals surface area contributed by atoms with Crippen LogP contribution >= 0.6 is 0 Å². The average molecular weight is 670 g/mol. The molecule has 2 aromatic heterocycles. The number of imide groups is 1. The predicted molar refractivity (Wildman–Crippen MR) is 172 cm³/mol. The van der Waals surface area contributed by atoms with Crippen LogP contribution in [-0.4, -0.2) is 88.2 Å². The van der Waals surface area contributed by atoms with Crippen molar-refractivity contribution in [3.63, 3.8) is 0 Å². The molecule has 49 heavy (non-hydrogen) atoms. The maximum Gasteiger partial charge on any atom is 0.303 e. The van der Waals surface area contributed by atoms with E-state index < -0.39 is 72.9 Å². The number of hydrogen-bond donors (Lipinski definition) is 1. The highest BCUT2D eigenvalue weighted by Gasteiger charge is 2.54. The number of ether oxygens (including phenoxy) is 5. The normalized spacial score (nSPS) is 22.1. The monoisotopic (exact) mass is 669 g/mol. The van der Waals surface area contributed by atoms with Crippen molar-refractivity contribution in [3.8, 4) is 0 Å². The number of benzene rings is 3. The molecule has 1 saturated heterocycles. The molecule has 0 aliphatic carbocycles. The molecule has 0 saturated carbocycles. The van der Waals surface area contributed by atoms with Crippen LogP contribution in [0.15, 0.2) is 48.5 Å². The molecule has 14 heteroatoms. The number of aromatic nitrogens is 2. The van der Waals surface area contributed by atoms with Crippen molar-refractivity contribution in [2.24, 2.45) is 0 Å². The Balaban J connectivity index is 1.61. The highest BCUT2D eigenvalue weighted by molar-refractivity contribution is 6.39. The van der Waals surface area contributed by atoms with Gasteiger partial charge in [-0.1, -0.05) is 36.4 Å². The predicted octanol–water partition coefficient (Wildman–Crippen LogP) is 3.91. The molecule has 5 atom stereocenters. The summed E-state index contributed by atoms with van der Waals surface area (Å²) in [6.45, 7) is 4.25. The molecule has 2 aliphatic rings. The van der Waals surface area contributed by atoms with Crippen LogP contribution in [0.25, 0.3) is 43.6 Å². The largest absolute Gasteiger partial charge is 0.463 e. The lowest BCUT2D eigenvalue weighted by Crippen LogP contribution is -2.60. The molecule has 2 aliphatic heterocycles. The Morgan fingerprint density at radius 2 is 1.31 bits per heavy atom. The van der Waals surface area contributed by atoms with E-state index in [2.05, 4.69) is 4.98 Å². The molecule has 0 bridgehead atoms. The van der Waals surface area contributed by atoms with Gasteiger partial charge in [0, 0.05) is 61.8 Å². The maximum atomic E-state index is 13.9. The lowest BCUT2D eigenvalue weighted by molar-refractivity contribution is -0.267. The van der Waals surface area contributed by atoms with Gasteiger partial charge in [-0.2, -0.15) is 0 Å². The fraction of sp³-hybridized carbons (Fsp3) is 0.314. The molecule has 3 aromatic carbocycles. The van der Waals surface area contributed by atoms with Crippen molar-refractivity contribution in [2.75, 3.05) is 13.7 Å². The van der Waals surface area contributed by atoms with Gasteiger partial charge in [0.15, 0.2) is 24.5 Å². The van der Waals surface area contributed by atoms with Gasteiger partial charge in [-0.3, -0.25) is 33.7 Å². The molecule has 4 heterocycles. The van der Waals surface area contributed by atoms with Gasteiger partial charge in [-0.25, -0.2) is 0 Å². The van der Waals surface area contributed by atoms with Crippen molar-refractivity contribution < 1.29 is 52.5 Å². The van der Waals surface area contributed by atoms with E-state index in [9.17, 15) is 28.8 Å². The molecule has 1 N–H and O–H groups in total. The van der Waals surface area contributed by atoms with Gasteiger partial charge in [0.25, 0.3) is 11.8 Å². The molecule has 252 valence electrons. The van der Waals surface area contributed by atoms with Crippen molar-refractivity contribution in [2.45, 2.75) is 58.3 Å². The number of nitrogens with zero attached hydrogens (tertiary/aromatic N) is 2. The minimum Gasteiger partial charge on any atom is -0.463 e. The number of fused-ring (bicyclic) bond motifs is 10. The van der Waals surface area contributed by atoms with E-state index in [0.717, 1.165) is 18.7 Å². The number of carbonyl (C=O) groups is 6. The lowest BCUT2D eigenvalue weighted by Gasteiger charge is -2.45. The summed E-state index contributed by atoms with van der Waals surface area (Å²) in [5, 5.41) is 2.24. The Morgan fingerprint density at radius 3 is 1.96 bits per heavy atom. The Labute approximate surface area is 277 Å². The summed E-state index contributed by atoms with van der Waals surface area (Å²) < 4.78 is 30.8. The van der Waals surface area contributed by atoms with Gasteiger partial charge in [0.05, 0.1) is 27.7 Å². The summed E-state index contributed by atoms with van der Waals surface area (Å²) >= 11 is 0. The van der Waals surface area contributed by atoms with E-state index in [1.165, 1.54) is 20.9 Å². The number of esters is 4. The summed E-state index contributed by atoms with van der Waals surface area (Å²) in [6.07, 6.45) is -6.75. The van der Waals surface area contributed by atoms with Gasteiger partial charge in [-0.15, -0.1) is 0 Å². The third-order valence-electron chi connectivity index (χ3n) is 8.86. The smallest absolute Gasteiger partial charge is 0.303 e. The van der Waals surface area contributed by atoms with Crippen LogP contribution in [0, 0.1) is 0 Å². The third kappa shape index (κ3) is 4.98. The second-order valence-corrected chi connectivity index (χ2v) is 12.0. The second kappa shape index (κ2) is 11.7. The van der Waals surface area contributed by atoms with E-state index in [0.29, 0.717) is 43.6 Å². The molecule has 7 rings (SSSR count). The number of nitrogens with one attached hydrogen (secondary N) is 1. The molecule has 3 unspecified atom stereocenters. The van der Waals surface area contributed by atoms with Crippen LogP contribution in [-0.2, 0) is 42.9 Å². The van der Waals surface area contributed by atoms with Crippen molar-refractivity contribution in [1.82, 2.24) is 14.5 Å². The average Bonchev–Trinajstić information content (AvgIpc) is 3.66. The Kier molecular flexibility index (Phi) is 7.62. The van der Waals surface area contributed by atoms with Crippen molar-refractivity contribution >= 4 is 79.3 Å². The highest BCUT2D eigenvalue weighted by atomic mass is 16.7. The molecular weight excluding hydrogens is 638 g/mol. The van der Waals surface area contributed by atoms with Gasteiger partial charge in [-0.05, 0) is 12.1 Å². The summed E-state index contributed by atoms with van der Waals surface area (Å²) in [6, 6.07) is 14.5. The number of rotatable bonds is 6. The van der Waals surface area contributed by atoms with Gasteiger partial charge < -0.3 is 33.2 Å². The van der Waals surface area contributed by atoms with Crippen molar-refractivity contribution in [1.29, 1.82) is 0 Å². The summed E-state index contributed by atoms with van der Waals surface area (Å²) in [5.74, 6) is -3.88. The Bertz CT molecular complexity index is 2270. The molecule has 1 fully saturated rings. The summed E-state index contributed by atoms with van der Waals surface area (Å²) in [7, 11) is 1.43. The van der Waals surface area contributed by atoms with E-state index >= 15 is 0 Å². The van der Waals surface area contributed by atoms with Crippen LogP contribution in [0.3, 0.4) is 0 Å². The number of hydrogen-bond acceptors (Lipinski definition) is 11. The molecule has 0 radical (unpaired) electrons. The first-order valence-corrected chi connectivity index (χ1v) is 15.5. The minimum absolute atomic E-state index is 0.195. The van der Waals surface area contributed by atoms with Crippen LogP contribution in [0.4, 0.5) is 0 Å². The number of H-pyrrole nitrogens is 1. The zero-order chi connectivity index (χ0) is 34.9. The molecule has 0 spiro atoms. The third-order valence-corrected chi connectivity index (χ3v) is 8.86. The zero-order valence-electron chi connectivity index (χ0n) is 27.1. The molecule has 14 nitrogen and oxygen atoms in total. The number of amides is 2. The fourth-order valence-corrected chi connectivity index (χ4v) is 7.12. The van der Waals surface area contributed by atoms with Crippen molar-refractivity contribution in [3.05, 3.63) is 59.7 Å². The molecular formula is C35H31N3O11. The minimum atomic E-state index is -1.43. The van der Waals surface area contributed by atoms with E-state index in [1.807, 2.05) is 24.3 Å². The first-order valence-electron chi connectivity index (χ1n) is 15.5. The van der Waals surface area contributed by atoms with Gasteiger partial charge in [0.2, 0.25) is 0 Å². The maximum absolute atomic E-state index is 13.9. The second-order valence-electron chi connectivity index (χ2n) is 12.0. The Hall–Kier alpha value is -5.76. The van der Waals surface area contributed by atoms with Gasteiger partial charge >= 0.3 is 23.9 Å². The van der Waals surface area contributed by atoms with E-state index in [4.69, 9.17) is 23.7 Å². The number of carbonyl (C=O) groups excluding carboxylic acids is 6. The van der Waals surface area contributed by atoms with Crippen LogP contribution in [0.5, 0.6) is 0 Å². The van der Waals surface area contributed by atoms with E-state index in [-0.39, 0.29) is 11.1 Å². The van der Waals surface area contributed by atoms with Crippen LogP contribution < -0.4 is 0 Å². The molecule has 5 aromatic rings. The number of aromatic amines is 1. The standard InChI is InChI=1S/C35H31N3O11/c1-15(39)45-14-23-30(46-16(2)40)31(47-17(3)41)32(48-18(4)42)35(49-23)38-22-13-9-7-11-20(22)25-27-26(33(43)37(5)34(27)44)24-19-10-6-8-12-21(19)36-28(24)29(25)38/h6-13,23,30-32,35-36H,14H2,1-5H3/t23?,30-,31?,32?,35-/m1/s1.